The zero-order valence-corrected chi connectivity index (χ0v) is 8.66. The second-order valence-corrected chi connectivity index (χ2v) is 3.28. The molecule has 1 aliphatic rings. The number of urea groups is 1. The zero-order valence-electron chi connectivity index (χ0n) is 8.66. The number of nitrogens with one attached hydrogen (secondary N) is 1. The van der Waals surface area contributed by atoms with E-state index in [-0.39, 0.29) is 11.9 Å². The van der Waals surface area contributed by atoms with Gasteiger partial charge >= 0.3 is 12.0 Å². The number of hydrogen-bond donors (Lipinski definition) is 2. The first-order valence-electron chi connectivity index (χ1n) is 4.93. The molecule has 84 valence electrons. The lowest BCUT2D eigenvalue weighted by molar-refractivity contribution is -0.145. The van der Waals surface area contributed by atoms with Gasteiger partial charge in [0, 0.05) is 0 Å². The van der Waals surface area contributed by atoms with Crippen LogP contribution in [0.4, 0.5) is 4.79 Å². The van der Waals surface area contributed by atoms with Crippen LogP contribution < -0.4 is 11.2 Å². The Balaban J connectivity index is 2.60. The fourth-order valence-corrected chi connectivity index (χ4v) is 1.59. The summed E-state index contributed by atoms with van der Waals surface area (Å²) in [5, 5.41) is 3.80. The van der Waals surface area contributed by atoms with Crippen molar-refractivity contribution in [2.75, 3.05) is 6.61 Å². The second kappa shape index (κ2) is 5.33. The van der Waals surface area contributed by atoms with Crippen LogP contribution in [0.25, 0.3) is 0 Å². The molecule has 1 atom stereocenters. The van der Waals surface area contributed by atoms with E-state index < -0.39 is 6.03 Å². The van der Waals surface area contributed by atoms with Gasteiger partial charge in [0.25, 0.3) is 0 Å². The number of hydrazone groups is 1. The Bertz CT molecular complexity index is 288. The number of carbonyl (C=O) groups is 2. The third-order valence-electron chi connectivity index (χ3n) is 2.21. The van der Waals surface area contributed by atoms with E-state index in [4.69, 9.17) is 10.5 Å². The molecule has 15 heavy (non-hydrogen) atoms. The smallest absolute Gasteiger partial charge is 0.332 e. The number of nitrogens with two attached hydrogens (primary N) is 1. The highest BCUT2D eigenvalue weighted by Crippen LogP contribution is 2.23. The minimum Gasteiger partial charge on any atom is -0.465 e. The summed E-state index contributed by atoms with van der Waals surface area (Å²) in [5.41, 5.74) is 7.66. The number of primary amides is 1. The first kappa shape index (κ1) is 11.5. The van der Waals surface area contributed by atoms with Crippen molar-refractivity contribution >= 4 is 17.7 Å². The summed E-state index contributed by atoms with van der Waals surface area (Å²) >= 11 is 0. The van der Waals surface area contributed by atoms with Gasteiger partial charge in [-0.05, 0) is 26.2 Å². The highest BCUT2D eigenvalue weighted by atomic mass is 16.5. The van der Waals surface area contributed by atoms with E-state index in [0.29, 0.717) is 18.7 Å². The molecule has 1 saturated carbocycles. The lowest BCUT2D eigenvalue weighted by atomic mass is 10.1. The van der Waals surface area contributed by atoms with Crippen LogP contribution in [0, 0.1) is 5.92 Å². The van der Waals surface area contributed by atoms with Crippen molar-refractivity contribution in [1.82, 2.24) is 5.43 Å². The Kier molecular flexibility index (Phi) is 4.08. The molecule has 0 bridgehead atoms. The van der Waals surface area contributed by atoms with Gasteiger partial charge in [0.2, 0.25) is 0 Å². The predicted molar refractivity (Wildman–Crippen MR) is 54.1 cm³/mol. The first-order valence-corrected chi connectivity index (χ1v) is 4.93. The predicted octanol–water partition coefficient (Wildman–Crippen LogP) is 0.374. The van der Waals surface area contributed by atoms with Gasteiger partial charge in [0.15, 0.2) is 0 Å². The Morgan fingerprint density at radius 3 is 3.00 bits per heavy atom. The maximum Gasteiger partial charge on any atom is 0.332 e. The van der Waals surface area contributed by atoms with Crippen LogP contribution in [0.1, 0.15) is 26.2 Å². The third kappa shape index (κ3) is 3.23. The molecule has 0 radical (unpaired) electrons. The minimum atomic E-state index is -0.725. The number of esters is 1. The van der Waals surface area contributed by atoms with E-state index in [0.717, 1.165) is 12.8 Å². The highest BCUT2D eigenvalue weighted by Gasteiger charge is 2.30. The summed E-state index contributed by atoms with van der Waals surface area (Å²) < 4.78 is 4.90. The summed E-state index contributed by atoms with van der Waals surface area (Å²) in [5.74, 6) is -0.600. The average molecular weight is 213 g/mol. The molecule has 3 N–H and O–H groups in total. The molecule has 0 aromatic carbocycles. The van der Waals surface area contributed by atoms with Gasteiger partial charge in [-0.25, -0.2) is 10.2 Å². The number of amides is 2. The summed E-state index contributed by atoms with van der Waals surface area (Å²) in [6, 6.07) is -0.725. The first-order chi connectivity index (χ1) is 7.15. The van der Waals surface area contributed by atoms with E-state index in [1.807, 2.05) is 0 Å². The third-order valence-corrected chi connectivity index (χ3v) is 2.21. The highest BCUT2D eigenvalue weighted by molar-refractivity contribution is 6.03. The van der Waals surface area contributed by atoms with Gasteiger partial charge in [-0.1, -0.05) is 0 Å². The maximum atomic E-state index is 11.5. The molecule has 2 amide bonds. The van der Waals surface area contributed by atoms with Crippen molar-refractivity contribution in [1.29, 1.82) is 0 Å². The van der Waals surface area contributed by atoms with Gasteiger partial charge in [-0.3, -0.25) is 4.79 Å². The minimum absolute atomic E-state index is 0.278. The number of rotatable bonds is 3. The number of ether oxygens (including phenoxy) is 1. The van der Waals surface area contributed by atoms with Crippen molar-refractivity contribution in [3.8, 4) is 0 Å². The van der Waals surface area contributed by atoms with Crippen LogP contribution in [0.5, 0.6) is 0 Å². The van der Waals surface area contributed by atoms with Crippen molar-refractivity contribution in [2.45, 2.75) is 26.2 Å². The summed E-state index contributed by atoms with van der Waals surface area (Å²) in [6.07, 6.45) is 2.30. The Hall–Kier alpha value is -1.59. The Morgan fingerprint density at radius 2 is 2.40 bits per heavy atom. The molecule has 1 fully saturated rings. The van der Waals surface area contributed by atoms with Gasteiger partial charge in [-0.2, -0.15) is 5.10 Å². The standard InChI is InChI=1S/C9H15N3O3/c1-2-15-8(13)6-4-3-5-7(6)11-12-9(10)14/h6H,2-5H2,1H3,(H3,10,12,14). The van der Waals surface area contributed by atoms with Crippen LogP contribution in [0.3, 0.4) is 0 Å². The molecule has 1 unspecified atom stereocenters. The van der Waals surface area contributed by atoms with Crippen molar-refractivity contribution in [3.63, 3.8) is 0 Å². The van der Waals surface area contributed by atoms with Gasteiger partial charge in [0.05, 0.1) is 18.2 Å². The van der Waals surface area contributed by atoms with E-state index in [1.54, 1.807) is 6.92 Å². The summed E-state index contributed by atoms with van der Waals surface area (Å²) in [6.45, 7) is 2.11. The molecule has 1 rings (SSSR count). The van der Waals surface area contributed by atoms with Crippen LogP contribution in [0.15, 0.2) is 5.10 Å². The van der Waals surface area contributed by atoms with Crippen molar-refractivity contribution in [3.05, 3.63) is 0 Å². The number of carbonyl (C=O) groups excluding carboxylic acids is 2. The Labute approximate surface area is 87.8 Å². The topological polar surface area (TPSA) is 93.8 Å². The fourth-order valence-electron chi connectivity index (χ4n) is 1.59. The van der Waals surface area contributed by atoms with E-state index in [2.05, 4.69) is 10.5 Å². The van der Waals surface area contributed by atoms with Crippen LogP contribution in [-0.2, 0) is 9.53 Å². The molecule has 1 aliphatic carbocycles. The van der Waals surface area contributed by atoms with Crippen molar-refractivity contribution < 1.29 is 14.3 Å². The van der Waals surface area contributed by atoms with Crippen LogP contribution in [-0.4, -0.2) is 24.3 Å². The number of nitrogens with zero attached hydrogens (tertiary/aromatic N) is 1. The quantitative estimate of drug-likeness (QED) is 0.524. The molecule has 0 spiro atoms. The maximum absolute atomic E-state index is 11.5. The molecule has 6 heteroatoms. The SMILES string of the molecule is CCOC(=O)C1CCCC1=NNC(N)=O. The molecule has 0 heterocycles. The monoisotopic (exact) mass is 213 g/mol. The van der Waals surface area contributed by atoms with E-state index in [1.165, 1.54) is 0 Å². The largest absolute Gasteiger partial charge is 0.465 e. The number of hydrogen-bond acceptors (Lipinski definition) is 4. The molecule has 0 aromatic heterocycles. The lowest BCUT2D eigenvalue weighted by Crippen LogP contribution is -2.28. The van der Waals surface area contributed by atoms with Crippen LogP contribution in [0.2, 0.25) is 0 Å². The molecule has 6 nitrogen and oxygen atoms in total. The van der Waals surface area contributed by atoms with E-state index in [9.17, 15) is 9.59 Å². The van der Waals surface area contributed by atoms with Gasteiger partial charge in [-0.15, -0.1) is 0 Å². The molecular weight excluding hydrogens is 198 g/mol. The van der Waals surface area contributed by atoms with Crippen molar-refractivity contribution in [2.24, 2.45) is 16.8 Å². The molecular formula is C9H15N3O3. The van der Waals surface area contributed by atoms with Crippen LogP contribution >= 0.6 is 0 Å². The Morgan fingerprint density at radius 1 is 1.67 bits per heavy atom. The van der Waals surface area contributed by atoms with Gasteiger partial charge in [0.1, 0.15) is 0 Å². The molecule has 0 aromatic rings. The van der Waals surface area contributed by atoms with Gasteiger partial charge < -0.3 is 10.5 Å². The fraction of sp³-hybridized carbons (Fsp3) is 0.667. The second-order valence-electron chi connectivity index (χ2n) is 3.28. The molecule has 0 aliphatic heterocycles. The van der Waals surface area contributed by atoms with E-state index >= 15 is 0 Å². The average Bonchev–Trinajstić information content (AvgIpc) is 2.62. The molecule has 0 saturated heterocycles. The zero-order chi connectivity index (χ0) is 11.3. The lowest BCUT2D eigenvalue weighted by Gasteiger charge is -2.09. The normalized spacial score (nSPS) is 22.7. The summed E-state index contributed by atoms with van der Waals surface area (Å²) in [4.78, 5) is 21.9. The summed E-state index contributed by atoms with van der Waals surface area (Å²) in [7, 11) is 0.